The molecule has 1 heterocycles. The predicted molar refractivity (Wildman–Crippen MR) is 115 cm³/mol. The second-order valence-electron chi connectivity index (χ2n) is 9.25. The first kappa shape index (κ1) is 20.0. The molecule has 28 heavy (non-hydrogen) atoms. The molecule has 1 amide bonds. The Bertz CT molecular complexity index is 730. The Morgan fingerprint density at radius 1 is 1.25 bits per heavy atom. The summed E-state index contributed by atoms with van der Waals surface area (Å²) in [7, 11) is 4.10. The number of hydrogen-bond donors (Lipinski definition) is 1. The molecule has 5 nitrogen and oxygen atoms in total. The van der Waals surface area contributed by atoms with Crippen molar-refractivity contribution >= 4 is 23.5 Å². The first-order valence-corrected chi connectivity index (χ1v) is 11.3. The second kappa shape index (κ2) is 7.88. The molecule has 1 aromatic rings. The van der Waals surface area contributed by atoms with Gasteiger partial charge < -0.3 is 15.0 Å². The van der Waals surface area contributed by atoms with Crippen LogP contribution in [-0.4, -0.2) is 56.7 Å². The van der Waals surface area contributed by atoms with Crippen molar-refractivity contribution in [2.24, 2.45) is 17.3 Å². The molecule has 1 saturated heterocycles. The topological polar surface area (TPSA) is 44.8 Å². The van der Waals surface area contributed by atoms with Gasteiger partial charge in [-0.25, -0.2) is 4.31 Å². The van der Waals surface area contributed by atoms with Crippen molar-refractivity contribution in [2.45, 2.75) is 44.0 Å². The fourth-order valence-electron chi connectivity index (χ4n) is 5.26. The molecule has 4 rings (SSSR count). The third-order valence-corrected chi connectivity index (χ3v) is 8.13. The average molecular weight is 404 g/mol. The summed E-state index contributed by atoms with van der Waals surface area (Å²) >= 11 is 1.74. The highest BCUT2D eigenvalue weighted by molar-refractivity contribution is 7.97. The van der Waals surface area contributed by atoms with E-state index >= 15 is 0 Å². The molecule has 1 aliphatic heterocycles. The summed E-state index contributed by atoms with van der Waals surface area (Å²) in [6, 6.07) is 6.39. The van der Waals surface area contributed by atoms with Gasteiger partial charge in [-0.15, -0.1) is 0 Å². The van der Waals surface area contributed by atoms with Crippen LogP contribution in [0.3, 0.4) is 0 Å². The molecule has 0 radical (unpaired) electrons. The molecule has 2 saturated carbocycles. The Kier molecular flexibility index (Phi) is 5.64. The Balaban J connectivity index is 1.52. The maximum Gasteiger partial charge on any atom is 0.251 e. The standard InChI is InChI=1S/C22H33N3O2S/c1-22(2)17-7-5-15(13-17)20(22)23-21(26)16-6-8-18(24(3)4)19(14-16)28-25-9-11-27-12-10-25/h6,8,14-15,17,20H,5,7,9-13H2,1-4H3,(H,23,26). The van der Waals surface area contributed by atoms with Crippen molar-refractivity contribution in [1.82, 2.24) is 9.62 Å². The van der Waals surface area contributed by atoms with Crippen LogP contribution in [0.5, 0.6) is 0 Å². The van der Waals surface area contributed by atoms with Gasteiger partial charge in [0.05, 0.1) is 18.9 Å². The van der Waals surface area contributed by atoms with Crippen molar-refractivity contribution in [2.75, 3.05) is 45.3 Å². The van der Waals surface area contributed by atoms with E-state index in [0.29, 0.717) is 12.0 Å². The second-order valence-corrected chi connectivity index (χ2v) is 10.4. The first-order chi connectivity index (χ1) is 13.4. The molecule has 1 N–H and O–H groups in total. The van der Waals surface area contributed by atoms with Crippen molar-refractivity contribution in [1.29, 1.82) is 0 Å². The van der Waals surface area contributed by atoms with Gasteiger partial charge in [0.25, 0.3) is 5.91 Å². The highest BCUT2D eigenvalue weighted by Gasteiger charge is 2.53. The largest absolute Gasteiger partial charge is 0.379 e. The summed E-state index contributed by atoms with van der Waals surface area (Å²) < 4.78 is 7.79. The van der Waals surface area contributed by atoms with E-state index in [1.165, 1.54) is 19.3 Å². The molecule has 3 fully saturated rings. The normalized spacial score (nSPS) is 29.1. The third-order valence-electron chi connectivity index (χ3n) is 6.99. The minimum Gasteiger partial charge on any atom is -0.379 e. The van der Waals surface area contributed by atoms with Crippen LogP contribution in [-0.2, 0) is 4.74 Å². The van der Waals surface area contributed by atoms with Gasteiger partial charge in [0.15, 0.2) is 0 Å². The lowest BCUT2D eigenvalue weighted by molar-refractivity contribution is 0.0773. The van der Waals surface area contributed by atoms with Crippen molar-refractivity contribution in [3.05, 3.63) is 23.8 Å². The Labute approximate surface area is 173 Å². The van der Waals surface area contributed by atoms with Gasteiger partial charge in [-0.05, 0) is 66.7 Å². The number of nitrogens with one attached hydrogen (secondary N) is 1. The molecular weight excluding hydrogens is 370 g/mol. The fourth-order valence-corrected chi connectivity index (χ4v) is 6.39. The van der Waals surface area contributed by atoms with E-state index in [0.717, 1.165) is 48.4 Å². The lowest BCUT2D eigenvalue weighted by atomic mass is 9.73. The Morgan fingerprint density at radius 3 is 2.64 bits per heavy atom. The van der Waals surface area contributed by atoms with Gasteiger partial charge in [0.2, 0.25) is 0 Å². The number of fused-ring (bicyclic) bond motifs is 2. The number of anilines is 1. The maximum atomic E-state index is 13.1. The lowest BCUT2D eigenvalue weighted by Gasteiger charge is -2.38. The number of morpholine rings is 1. The number of ether oxygens (including phenoxy) is 1. The summed E-state index contributed by atoms with van der Waals surface area (Å²) in [5.74, 6) is 1.47. The maximum absolute atomic E-state index is 13.1. The predicted octanol–water partition coefficient (Wildman–Crippen LogP) is 3.65. The van der Waals surface area contributed by atoms with E-state index in [-0.39, 0.29) is 11.3 Å². The number of hydrogen-bond acceptors (Lipinski definition) is 5. The number of rotatable bonds is 5. The van der Waals surface area contributed by atoms with E-state index in [4.69, 9.17) is 4.74 Å². The molecule has 3 aliphatic rings. The summed E-state index contributed by atoms with van der Waals surface area (Å²) in [5.41, 5.74) is 2.11. The van der Waals surface area contributed by atoms with Crippen LogP contribution in [0, 0.1) is 17.3 Å². The first-order valence-electron chi connectivity index (χ1n) is 10.5. The molecular formula is C22H33N3O2S. The van der Waals surface area contributed by atoms with Gasteiger partial charge in [-0.3, -0.25) is 4.79 Å². The summed E-state index contributed by atoms with van der Waals surface area (Å²) in [6.07, 6.45) is 3.86. The quantitative estimate of drug-likeness (QED) is 0.761. The molecule has 6 heteroatoms. The van der Waals surface area contributed by atoms with Crippen LogP contribution in [0.15, 0.2) is 23.1 Å². The van der Waals surface area contributed by atoms with Gasteiger partial charge in [-0.1, -0.05) is 13.8 Å². The Morgan fingerprint density at radius 2 is 2.00 bits per heavy atom. The minimum atomic E-state index is 0.0692. The van der Waals surface area contributed by atoms with Crippen LogP contribution in [0.4, 0.5) is 5.69 Å². The third kappa shape index (κ3) is 3.79. The highest BCUT2D eigenvalue weighted by atomic mass is 32.2. The number of amides is 1. The van der Waals surface area contributed by atoms with E-state index in [9.17, 15) is 4.79 Å². The Hall–Kier alpha value is -1.24. The van der Waals surface area contributed by atoms with Crippen LogP contribution in [0.2, 0.25) is 0 Å². The van der Waals surface area contributed by atoms with Gasteiger partial charge >= 0.3 is 0 Å². The summed E-state index contributed by atoms with van der Waals surface area (Å²) in [4.78, 5) is 16.4. The van der Waals surface area contributed by atoms with Crippen molar-refractivity contribution in [3.63, 3.8) is 0 Å². The lowest BCUT2D eigenvalue weighted by Crippen LogP contribution is -2.48. The van der Waals surface area contributed by atoms with Gasteiger partial charge in [0, 0.05) is 43.7 Å². The average Bonchev–Trinajstić information content (AvgIpc) is 3.24. The van der Waals surface area contributed by atoms with Crippen LogP contribution in [0.25, 0.3) is 0 Å². The number of nitrogens with zero attached hydrogens (tertiary/aromatic N) is 2. The van der Waals surface area contributed by atoms with Crippen molar-refractivity contribution < 1.29 is 9.53 Å². The SMILES string of the molecule is CN(C)c1ccc(C(=O)NC2C3CCC(C3)C2(C)C)cc1SN1CCOCC1. The van der Waals surface area contributed by atoms with E-state index in [2.05, 4.69) is 54.6 Å². The van der Waals surface area contributed by atoms with Crippen LogP contribution < -0.4 is 10.2 Å². The van der Waals surface area contributed by atoms with Crippen molar-refractivity contribution in [3.8, 4) is 0 Å². The van der Waals surface area contributed by atoms with Gasteiger partial charge in [-0.2, -0.15) is 0 Å². The number of carbonyl (C=O) groups is 1. The summed E-state index contributed by atoms with van der Waals surface area (Å²) in [5, 5.41) is 3.40. The summed E-state index contributed by atoms with van der Waals surface area (Å²) in [6.45, 7) is 8.02. The fraction of sp³-hybridized carbons (Fsp3) is 0.682. The highest BCUT2D eigenvalue weighted by Crippen LogP contribution is 2.55. The van der Waals surface area contributed by atoms with Crippen LogP contribution >= 0.6 is 11.9 Å². The molecule has 1 aromatic carbocycles. The molecule has 2 aliphatic carbocycles. The van der Waals surface area contributed by atoms with E-state index in [1.807, 2.05) is 6.07 Å². The zero-order valence-corrected chi connectivity index (χ0v) is 18.3. The zero-order chi connectivity index (χ0) is 19.9. The number of carbonyl (C=O) groups excluding carboxylic acids is 1. The smallest absolute Gasteiger partial charge is 0.251 e. The molecule has 3 atom stereocenters. The minimum absolute atomic E-state index is 0.0692. The van der Waals surface area contributed by atoms with E-state index in [1.54, 1.807) is 11.9 Å². The molecule has 0 aromatic heterocycles. The van der Waals surface area contributed by atoms with Crippen LogP contribution in [0.1, 0.15) is 43.5 Å². The molecule has 0 spiro atoms. The monoisotopic (exact) mass is 403 g/mol. The zero-order valence-electron chi connectivity index (χ0n) is 17.5. The molecule has 154 valence electrons. The van der Waals surface area contributed by atoms with Gasteiger partial charge in [0.1, 0.15) is 0 Å². The number of benzene rings is 1. The molecule has 3 unspecified atom stereocenters. The van der Waals surface area contributed by atoms with E-state index < -0.39 is 0 Å². The molecule has 2 bridgehead atoms.